The molecule has 0 spiro atoms. The van der Waals surface area contributed by atoms with Crippen molar-refractivity contribution in [2.75, 3.05) is 12.4 Å². The number of rotatable bonds is 5. The van der Waals surface area contributed by atoms with Gasteiger partial charge < -0.3 is 9.73 Å². The Balaban J connectivity index is 2.16. The summed E-state index contributed by atoms with van der Waals surface area (Å²) in [6.45, 7) is 3.61. The fourth-order valence-electron chi connectivity index (χ4n) is 1.75. The van der Waals surface area contributed by atoms with Gasteiger partial charge in [0, 0.05) is 18.8 Å². The van der Waals surface area contributed by atoms with E-state index in [-0.39, 0.29) is 16.8 Å². The van der Waals surface area contributed by atoms with Gasteiger partial charge in [0.05, 0.1) is 16.7 Å². The standard InChI is InChI=1S/C15H18N2O4S/c1-11(2)17(3)22(19,20)14-6-4-13(5-7-14)16-15(18)12-8-9-21-10-12/h4-11H,1-3H3,(H,16,18). The fourth-order valence-corrected chi connectivity index (χ4v) is 3.12. The van der Waals surface area contributed by atoms with Crippen molar-refractivity contribution in [2.24, 2.45) is 0 Å². The summed E-state index contributed by atoms with van der Waals surface area (Å²) in [6, 6.07) is 7.47. The third-order valence-electron chi connectivity index (χ3n) is 3.30. The zero-order chi connectivity index (χ0) is 16.3. The smallest absolute Gasteiger partial charge is 0.258 e. The molecule has 1 aromatic heterocycles. The van der Waals surface area contributed by atoms with Gasteiger partial charge in [-0.05, 0) is 44.2 Å². The van der Waals surface area contributed by atoms with Gasteiger partial charge in [-0.3, -0.25) is 4.79 Å². The van der Waals surface area contributed by atoms with Crippen LogP contribution >= 0.6 is 0 Å². The maximum atomic E-state index is 12.3. The van der Waals surface area contributed by atoms with Gasteiger partial charge in [0.25, 0.3) is 5.91 Å². The van der Waals surface area contributed by atoms with E-state index in [1.165, 1.54) is 36.0 Å². The van der Waals surface area contributed by atoms with Crippen molar-refractivity contribution < 1.29 is 17.6 Å². The van der Waals surface area contributed by atoms with Gasteiger partial charge >= 0.3 is 0 Å². The molecule has 0 saturated carbocycles. The molecular formula is C15H18N2O4S. The van der Waals surface area contributed by atoms with Gasteiger partial charge in [-0.2, -0.15) is 4.31 Å². The van der Waals surface area contributed by atoms with Crippen LogP contribution < -0.4 is 5.32 Å². The number of hydrogen-bond donors (Lipinski definition) is 1. The van der Waals surface area contributed by atoms with E-state index in [1.807, 2.05) is 0 Å². The number of carbonyl (C=O) groups excluding carboxylic acids is 1. The van der Waals surface area contributed by atoms with Crippen LogP contribution in [0, 0.1) is 0 Å². The first-order valence-electron chi connectivity index (χ1n) is 6.74. The van der Waals surface area contributed by atoms with Crippen LogP contribution in [-0.2, 0) is 10.0 Å². The van der Waals surface area contributed by atoms with Crippen molar-refractivity contribution in [3.8, 4) is 0 Å². The molecule has 1 amide bonds. The molecule has 6 nitrogen and oxygen atoms in total. The molecule has 0 aliphatic heterocycles. The van der Waals surface area contributed by atoms with Gasteiger partial charge in [0.15, 0.2) is 0 Å². The molecule has 0 aliphatic rings. The predicted octanol–water partition coefficient (Wildman–Crippen LogP) is 2.56. The van der Waals surface area contributed by atoms with Crippen molar-refractivity contribution in [1.82, 2.24) is 4.31 Å². The quantitative estimate of drug-likeness (QED) is 0.917. The molecule has 1 N–H and O–H groups in total. The summed E-state index contributed by atoms with van der Waals surface area (Å²) in [6.07, 6.45) is 2.75. The summed E-state index contributed by atoms with van der Waals surface area (Å²) in [5, 5.41) is 2.67. The monoisotopic (exact) mass is 322 g/mol. The van der Waals surface area contributed by atoms with Gasteiger partial charge in [0.2, 0.25) is 10.0 Å². The highest BCUT2D eigenvalue weighted by Gasteiger charge is 2.22. The lowest BCUT2D eigenvalue weighted by Gasteiger charge is -2.21. The minimum absolute atomic E-state index is 0.134. The third kappa shape index (κ3) is 3.37. The second kappa shape index (κ2) is 6.33. The van der Waals surface area contributed by atoms with E-state index in [0.717, 1.165) is 0 Å². The molecule has 0 aliphatic carbocycles. The molecule has 7 heteroatoms. The summed E-state index contributed by atoms with van der Waals surface area (Å²) < 4.78 is 30.8. The van der Waals surface area contributed by atoms with Crippen LogP contribution in [0.1, 0.15) is 24.2 Å². The lowest BCUT2D eigenvalue weighted by atomic mass is 10.3. The number of nitrogens with one attached hydrogen (secondary N) is 1. The molecule has 118 valence electrons. The van der Waals surface area contributed by atoms with Crippen LogP contribution in [0.5, 0.6) is 0 Å². The van der Waals surface area contributed by atoms with Gasteiger partial charge in [0.1, 0.15) is 6.26 Å². The fraction of sp³-hybridized carbons (Fsp3) is 0.267. The normalized spacial score (nSPS) is 11.9. The Morgan fingerprint density at radius 1 is 1.18 bits per heavy atom. The largest absolute Gasteiger partial charge is 0.472 e. The zero-order valence-electron chi connectivity index (χ0n) is 12.6. The van der Waals surface area contributed by atoms with E-state index in [1.54, 1.807) is 32.0 Å². The molecular weight excluding hydrogens is 304 g/mol. The van der Waals surface area contributed by atoms with E-state index < -0.39 is 10.0 Å². The number of carbonyl (C=O) groups is 1. The second-order valence-electron chi connectivity index (χ2n) is 5.11. The van der Waals surface area contributed by atoms with Crippen LogP contribution in [-0.4, -0.2) is 31.7 Å². The van der Waals surface area contributed by atoms with E-state index in [9.17, 15) is 13.2 Å². The summed E-state index contributed by atoms with van der Waals surface area (Å²) >= 11 is 0. The lowest BCUT2D eigenvalue weighted by Crippen LogP contribution is -2.33. The van der Waals surface area contributed by atoms with Crippen LogP contribution in [0.15, 0.2) is 52.2 Å². The second-order valence-corrected chi connectivity index (χ2v) is 7.10. The van der Waals surface area contributed by atoms with E-state index >= 15 is 0 Å². The average molecular weight is 322 g/mol. The summed E-state index contributed by atoms with van der Waals surface area (Å²) in [4.78, 5) is 12.0. The van der Waals surface area contributed by atoms with Crippen LogP contribution in [0.3, 0.4) is 0 Å². The number of amides is 1. The number of nitrogens with zero attached hydrogens (tertiary/aromatic N) is 1. The van der Waals surface area contributed by atoms with Crippen molar-refractivity contribution in [3.63, 3.8) is 0 Å². The van der Waals surface area contributed by atoms with Crippen molar-refractivity contribution in [2.45, 2.75) is 24.8 Å². The Morgan fingerprint density at radius 2 is 1.82 bits per heavy atom. The van der Waals surface area contributed by atoms with Crippen molar-refractivity contribution >= 4 is 21.6 Å². The Kier molecular flexibility index (Phi) is 4.68. The molecule has 0 atom stereocenters. The topological polar surface area (TPSA) is 79.6 Å². The van der Waals surface area contributed by atoms with Crippen LogP contribution in [0.2, 0.25) is 0 Å². The molecule has 0 saturated heterocycles. The molecule has 22 heavy (non-hydrogen) atoms. The number of anilines is 1. The molecule has 0 radical (unpaired) electrons. The van der Waals surface area contributed by atoms with Crippen molar-refractivity contribution in [1.29, 1.82) is 0 Å². The Hall–Kier alpha value is -2.12. The minimum atomic E-state index is -3.52. The molecule has 1 heterocycles. The molecule has 2 rings (SSSR count). The Morgan fingerprint density at radius 3 is 2.32 bits per heavy atom. The summed E-state index contributed by atoms with van der Waals surface area (Å²) in [5.41, 5.74) is 0.911. The van der Waals surface area contributed by atoms with Crippen LogP contribution in [0.25, 0.3) is 0 Å². The first kappa shape index (κ1) is 16.3. The highest BCUT2D eigenvalue weighted by Crippen LogP contribution is 2.19. The first-order valence-corrected chi connectivity index (χ1v) is 8.18. The first-order chi connectivity index (χ1) is 10.3. The van der Waals surface area contributed by atoms with Gasteiger partial charge in [-0.25, -0.2) is 8.42 Å². The zero-order valence-corrected chi connectivity index (χ0v) is 13.4. The van der Waals surface area contributed by atoms with Gasteiger partial charge in [-0.1, -0.05) is 0 Å². The number of sulfonamides is 1. The molecule has 2 aromatic rings. The summed E-state index contributed by atoms with van der Waals surface area (Å²) in [7, 11) is -1.98. The van der Waals surface area contributed by atoms with E-state index in [2.05, 4.69) is 5.32 Å². The highest BCUT2D eigenvalue weighted by molar-refractivity contribution is 7.89. The van der Waals surface area contributed by atoms with Gasteiger partial charge in [-0.15, -0.1) is 0 Å². The molecule has 0 bridgehead atoms. The van der Waals surface area contributed by atoms with E-state index in [4.69, 9.17) is 4.42 Å². The molecule has 0 fully saturated rings. The highest BCUT2D eigenvalue weighted by atomic mass is 32.2. The Bertz CT molecular complexity index is 734. The van der Waals surface area contributed by atoms with Crippen molar-refractivity contribution in [3.05, 3.63) is 48.4 Å². The molecule has 1 aromatic carbocycles. The van der Waals surface area contributed by atoms with E-state index in [0.29, 0.717) is 11.3 Å². The molecule has 0 unspecified atom stereocenters. The average Bonchev–Trinajstić information content (AvgIpc) is 3.01. The SMILES string of the molecule is CC(C)N(C)S(=O)(=O)c1ccc(NC(=O)c2ccoc2)cc1. The number of benzene rings is 1. The maximum Gasteiger partial charge on any atom is 0.258 e. The third-order valence-corrected chi connectivity index (χ3v) is 5.35. The Labute approximate surface area is 129 Å². The maximum absolute atomic E-state index is 12.3. The number of hydrogen-bond acceptors (Lipinski definition) is 4. The number of furan rings is 1. The van der Waals surface area contributed by atoms with Crippen LogP contribution in [0.4, 0.5) is 5.69 Å². The summed E-state index contributed by atoms with van der Waals surface area (Å²) in [5.74, 6) is -0.316. The lowest BCUT2D eigenvalue weighted by molar-refractivity contribution is 0.102. The minimum Gasteiger partial charge on any atom is -0.472 e. The predicted molar refractivity (Wildman–Crippen MR) is 83.2 cm³/mol.